The first-order valence-electron chi connectivity index (χ1n) is 8.43. The van der Waals surface area contributed by atoms with Gasteiger partial charge in [-0.15, -0.1) is 0 Å². The van der Waals surface area contributed by atoms with E-state index >= 15 is 0 Å². The lowest BCUT2D eigenvalue weighted by Gasteiger charge is -2.20. The maximum Gasteiger partial charge on any atom is 0.257 e. The van der Waals surface area contributed by atoms with Crippen molar-refractivity contribution in [1.82, 2.24) is 20.4 Å². The Balaban J connectivity index is 1.49. The molecule has 0 saturated carbocycles. The predicted molar refractivity (Wildman–Crippen MR) is 88.5 cm³/mol. The first kappa shape index (κ1) is 16.4. The topological polar surface area (TPSA) is 88.3 Å². The Morgan fingerprint density at radius 1 is 1.38 bits per heavy atom. The molecule has 3 heterocycles. The average Bonchev–Trinajstić information content (AvgIpc) is 2.83. The van der Waals surface area contributed by atoms with E-state index in [0.29, 0.717) is 36.5 Å². The number of nitrogens with zero attached hydrogens (tertiary/aromatic N) is 3. The zero-order chi connectivity index (χ0) is 16.9. The number of aromatic nitrogens is 2. The summed E-state index contributed by atoms with van der Waals surface area (Å²) in [7, 11) is 0. The smallest absolute Gasteiger partial charge is 0.257 e. The summed E-state index contributed by atoms with van der Waals surface area (Å²) in [6, 6.07) is 1.74. The Hall–Kier alpha value is -2.44. The van der Waals surface area contributed by atoms with Crippen LogP contribution < -0.4 is 5.32 Å². The number of fused-ring (bicyclic) bond motifs is 1. The van der Waals surface area contributed by atoms with E-state index in [0.717, 1.165) is 37.6 Å². The fourth-order valence-corrected chi connectivity index (χ4v) is 2.92. The van der Waals surface area contributed by atoms with E-state index in [1.807, 2.05) is 11.8 Å². The number of hydrogen-bond donors (Lipinski definition) is 1. The van der Waals surface area contributed by atoms with E-state index in [9.17, 15) is 9.59 Å². The van der Waals surface area contributed by atoms with E-state index < -0.39 is 0 Å². The van der Waals surface area contributed by atoms with Crippen LogP contribution in [0.1, 0.15) is 48.2 Å². The summed E-state index contributed by atoms with van der Waals surface area (Å²) >= 11 is 0. The van der Waals surface area contributed by atoms with Gasteiger partial charge in [-0.25, -0.2) is 4.98 Å². The van der Waals surface area contributed by atoms with Gasteiger partial charge >= 0.3 is 0 Å². The summed E-state index contributed by atoms with van der Waals surface area (Å²) in [6.45, 7) is 3.87. The summed E-state index contributed by atoms with van der Waals surface area (Å²) in [4.78, 5) is 30.1. The maximum absolute atomic E-state index is 12.2. The molecule has 1 fully saturated rings. The molecule has 0 unspecified atom stereocenters. The summed E-state index contributed by atoms with van der Waals surface area (Å²) < 4.78 is 5.04. The van der Waals surface area contributed by atoms with E-state index in [2.05, 4.69) is 15.5 Å². The van der Waals surface area contributed by atoms with Gasteiger partial charge in [0.05, 0.1) is 16.6 Å². The molecule has 1 saturated heterocycles. The summed E-state index contributed by atoms with van der Waals surface area (Å²) in [5.74, 6) is 0.0589. The molecule has 24 heavy (non-hydrogen) atoms. The second-order valence-electron chi connectivity index (χ2n) is 6.15. The van der Waals surface area contributed by atoms with Gasteiger partial charge in [-0.1, -0.05) is 11.6 Å². The zero-order valence-corrected chi connectivity index (χ0v) is 13.9. The van der Waals surface area contributed by atoms with Crippen LogP contribution in [0.2, 0.25) is 0 Å². The molecule has 2 aromatic heterocycles. The van der Waals surface area contributed by atoms with E-state index in [4.69, 9.17) is 4.52 Å². The minimum atomic E-state index is -0.174. The van der Waals surface area contributed by atoms with Gasteiger partial charge in [-0.2, -0.15) is 0 Å². The molecule has 2 amide bonds. The molecule has 0 aliphatic carbocycles. The lowest BCUT2D eigenvalue weighted by Crippen LogP contribution is -2.34. The van der Waals surface area contributed by atoms with E-state index in [-0.39, 0.29) is 11.8 Å². The second-order valence-corrected chi connectivity index (χ2v) is 6.15. The first-order valence-corrected chi connectivity index (χ1v) is 8.43. The van der Waals surface area contributed by atoms with Crippen LogP contribution >= 0.6 is 0 Å². The van der Waals surface area contributed by atoms with Crippen LogP contribution in [0, 0.1) is 6.92 Å². The van der Waals surface area contributed by atoms with Crippen molar-refractivity contribution in [3.05, 3.63) is 23.5 Å². The van der Waals surface area contributed by atoms with E-state index in [1.165, 1.54) is 6.20 Å². The van der Waals surface area contributed by atoms with Crippen molar-refractivity contribution < 1.29 is 14.1 Å². The monoisotopic (exact) mass is 330 g/mol. The van der Waals surface area contributed by atoms with Crippen molar-refractivity contribution in [2.24, 2.45) is 0 Å². The fraction of sp³-hybridized carbons (Fsp3) is 0.529. The Labute approximate surface area is 140 Å². The van der Waals surface area contributed by atoms with Crippen molar-refractivity contribution >= 4 is 22.9 Å². The summed E-state index contributed by atoms with van der Waals surface area (Å²) in [5, 5.41) is 7.46. The SMILES string of the molecule is Cc1noc2ncc(C(=O)NCCCN3CCCCCC3=O)cc12. The Morgan fingerprint density at radius 3 is 3.12 bits per heavy atom. The molecular formula is C17H22N4O3. The van der Waals surface area contributed by atoms with Crippen molar-refractivity contribution in [3.63, 3.8) is 0 Å². The van der Waals surface area contributed by atoms with Crippen molar-refractivity contribution in [3.8, 4) is 0 Å². The number of pyridine rings is 1. The predicted octanol–water partition coefficient (Wildman–Crippen LogP) is 2.05. The number of rotatable bonds is 5. The Morgan fingerprint density at radius 2 is 2.25 bits per heavy atom. The minimum absolute atomic E-state index is 0.174. The molecule has 2 aromatic rings. The van der Waals surface area contributed by atoms with Gasteiger partial charge in [-0.3, -0.25) is 9.59 Å². The number of nitrogens with one attached hydrogen (secondary N) is 1. The minimum Gasteiger partial charge on any atom is -0.352 e. The van der Waals surface area contributed by atoms with Gasteiger partial charge < -0.3 is 14.7 Å². The van der Waals surface area contributed by atoms with Crippen LogP contribution in [0.4, 0.5) is 0 Å². The number of carbonyl (C=O) groups excluding carboxylic acids is 2. The second kappa shape index (κ2) is 7.42. The van der Waals surface area contributed by atoms with Crippen LogP contribution in [0.15, 0.2) is 16.8 Å². The van der Waals surface area contributed by atoms with Gasteiger partial charge in [0.15, 0.2) is 0 Å². The third-order valence-electron chi connectivity index (χ3n) is 4.33. The van der Waals surface area contributed by atoms with Gasteiger partial charge in [0.25, 0.3) is 11.6 Å². The van der Waals surface area contributed by atoms with Gasteiger partial charge in [0.2, 0.25) is 5.91 Å². The van der Waals surface area contributed by atoms with Crippen LogP contribution in [0.5, 0.6) is 0 Å². The molecule has 0 radical (unpaired) electrons. The average molecular weight is 330 g/mol. The van der Waals surface area contributed by atoms with Crippen LogP contribution in [-0.4, -0.2) is 46.5 Å². The van der Waals surface area contributed by atoms with Gasteiger partial charge in [0.1, 0.15) is 0 Å². The quantitative estimate of drug-likeness (QED) is 0.848. The van der Waals surface area contributed by atoms with Crippen LogP contribution in [0.3, 0.4) is 0 Å². The van der Waals surface area contributed by atoms with Crippen LogP contribution in [0.25, 0.3) is 11.1 Å². The third kappa shape index (κ3) is 3.72. The van der Waals surface area contributed by atoms with Crippen molar-refractivity contribution in [2.45, 2.75) is 39.0 Å². The lowest BCUT2D eigenvalue weighted by atomic mass is 10.2. The summed E-state index contributed by atoms with van der Waals surface area (Å²) in [5.41, 5.74) is 1.63. The molecular weight excluding hydrogens is 308 g/mol. The van der Waals surface area contributed by atoms with Gasteiger partial charge in [-0.05, 0) is 32.3 Å². The molecule has 128 valence electrons. The number of amides is 2. The van der Waals surface area contributed by atoms with E-state index in [1.54, 1.807) is 6.07 Å². The normalized spacial score (nSPS) is 15.5. The molecule has 1 aliphatic heterocycles. The molecule has 0 atom stereocenters. The van der Waals surface area contributed by atoms with Crippen molar-refractivity contribution in [1.29, 1.82) is 0 Å². The fourth-order valence-electron chi connectivity index (χ4n) is 2.92. The molecule has 3 rings (SSSR count). The molecule has 0 bridgehead atoms. The highest BCUT2D eigenvalue weighted by atomic mass is 16.5. The number of hydrogen-bond acceptors (Lipinski definition) is 5. The standard InChI is InChI=1S/C17H22N4O3/c1-12-14-10-13(11-19-17(14)24-20-12)16(23)18-7-5-9-21-8-4-2-3-6-15(21)22/h10-11H,2-9H2,1H3,(H,18,23). The van der Waals surface area contributed by atoms with Crippen LogP contribution in [-0.2, 0) is 4.79 Å². The van der Waals surface area contributed by atoms with Gasteiger partial charge in [0, 0.05) is 32.3 Å². The number of carbonyl (C=O) groups is 2. The summed E-state index contributed by atoms with van der Waals surface area (Å²) in [6.07, 6.45) is 6.07. The lowest BCUT2D eigenvalue weighted by molar-refractivity contribution is -0.130. The molecule has 0 aromatic carbocycles. The number of aryl methyl sites for hydroxylation is 1. The third-order valence-corrected chi connectivity index (χ3v) is 4.33. The Kier molecular flexibility index (Phi) is 5.08. The highest BCUT2D eigenvalue weighted by Crippen LogP contribution is 2.16. The molecule has 7 nitrogen and oxygen atoms in total. The molecule has 7 heteroatoms. The molecule has 1 N–H and O–H groups in total. The zero-order valence-electron chi connectivity index (χ0n) is 13.9. The first-order chi connectivity index (χ1) is 11.6. The Bertz CT molecular complexity index is 741. The number of likely N-dealkylation sites (tertiary alicyclic amines) is 1. The highest BCUT2D eigenvalue weighted by Gasteiger charge is 2.16. The largest absolute Gasteiger partial charge is 0.352 e. The van der Waals surface area contributed by atoms with Crippen molar-refractivity contribution in [2.75, 3.05) is 19.6 Å². The highest BCUT2D eigenvalue weighted by molar-refractivity contribution is 5.96. The molecule has 0 spiro atoms. The maximum atomic E-state index is 12.2. The molecule has 1 aliphatic rings.